The number of Topliss-reactive ketones (excluding diaryl/α,β-unsaturated/α-hetero) is 1. The number of hydrogen-bond acceptors (Lipinski definition) is 34. The van der Waals surface area contributed by atoms with E-state index in [1.807, 2.05) is 115 Å². The molecule has 0 saturated heterocycles. The second-order valence-electron chi connectivity index (χ2n) is 31.2. The van der Waals surface area contributed by atoms with E-state index in [1.54, 1.807) is 128 Å². The fourth-order valence-electron chi connectivity index (χ4n) is 12.0. The van der Waals surface area contributed by atoms with Crippen molar-refractivity contribution in [1.82, 2.24) is 144 Å². The molecule has 143 heavy (non-hydrogen) atoms. The molecule has 14 heterocycles. The standard InChI is InChI=1S/C18H18BrN7O2.C15H11BrN6O2.C14H8BrN9O.C14H9BrN6O2.C11H9BrN6.C4H5BrO3.C4H5ClO.C4H10O.Li.HN3.Na.H2O/c1-18(2,3)28-17(27)21-15-10-26-16(20-15)7-5-12(23-26)9-25-14-8-11(19)4-6-13(14)22-24-25;1-24-15(23)12-8-22-14(17-12)5-3-10(19-22)7-21-13-6-9(16)2-4-11(13)18-20-21;15-8-1-3-10-12(5-8)23(22-18-10)6-9-2-4-13-17-11(7-24(13)20-9)14(25)19-21-16;15-8-1-3-10-12(5-8)20(19-17-10)6-9-2-4-13-16-11(14(22)23)7-21(13)18-9;12-7-1-3-9-10(5-7)18(17-15-9)6-8-2-4-11(13)16-14-8;1-8-4(7)3(6)2-5;5-4(6)3-1-2-3;1-4(2,3)5;;1-3-2;;/h4-8,10H,9H2,1-3H3,(H,21,27);2-6,8H,7H2,1H3;1-5,7H,6H2;1-5,7H,6H2,(H,22,23);1-5H,6H2,(H2,13,16);2H2,1H3;3H,1-2H2;5H,1-3H3;;1H;;1H2/q;;;;;;;;+1;;+1;/p-1. The Bertz CT molecular complexity index is 7860. The minimum Gasteiger partial charge on any atom is -0.870 e. The smallest absolute Gasteiger partial charge is 0.870 e. The Morgan fingerprint density at radius 2 is 0.818 bits per heavy atom. The number of amides is 2. The second-order valence-corrected chi connectivity index (χ2v) is 36.7. The zero-order valence-corrected chi connectivity index (χ0v) is 89.1. The molecule has 1 aliphatic rings. The van der Waals surface area contributed by atoms with Crippen molar-refractivity contribution in [1.29, 1.82) is 5.53 Å². The summed E-state index contributed by atoms with van der Waals surface area (Å²) in [6.07, 6.45) is 7.46. The Morgan fingerprint density at radius 1 is 0.497 bits per heavy atom. The van der Waals surface area contributed by atoms with Gasteiger partial charge in [-0.1, -0.05) is 122 Å². The molecule has 59 heteroatoms. The van der Waals surface area contributed by atoms with Crippen molar-refractivity contribution in [3.8, 4) is 0 Å². The van der Waals surface area contributed by atoms with Gasteiger partial charge in [-0.15, -0.1) is 36.1 Å². The number of aromatic carboxylic acids is 1. The number of aromatic nitrogens is 29. The van der Waals surface area contributed by atoms with Gasteiger partial charge < -0.3 is 35.6 Å². The van der Waals surface area contributed by atoms with Crippen LogP contribution in [0.2, 0.25) is 0 Å². The Balaban J connectivity index is 0.000000189. The molecule has 1 saturated carbocycles. The monoisotopic (exact) mass is 2350 g/mol. The van der Waals surface area contributed by atoms with Crippen LogP contribution >= 0.6 is 107 Å². The SMILES string of the molecule is CC(C)(C)O.CC(C)(C)OC(=O)Nc1cn2nc(Cn3nnc4ccc(Br)cc43)ccc2n1.COC(=O)C(=O)CBr.COC(=O)c1cn2nc(Cn3nnc4ccc(Br)cc43)ccc2n1.Nc1ccc(Cn2nnc3ccc(Br)cc32)nn1.O=C(Cl)C1CC1.O=C(O)c1cn2nc(Cn3nnc4ccc(Br)cc43)ccc2n1.[Li+].[N-]=[N+]=N.[N-]=[N+]=NC(=O)c1cn2nc(Cn3nnc4ccc(Br)cc43)ccc2n1.[Na+].[OH-]. The molecule has 0 atom stereocenters. The van der Waals surface area contributed by atoms with Crippen LogP contribution in [-0.4, -0.2) is 231 Å². The summed E-state index contributed by atoms with van der Waals surface area (Å²) in [7, 11) is 2.49. The first-order valence-electron chi connectivity index (χ1n) is 40.7. The van der Waals surface area contributed by atoms with E-state index in [9.17, 15) is 33.6 Å². The fourth-order valence-corrected chi connectivity index (χ4v) is 14.2. The zero-order chi connectivity index (χ0) is 101. The number of alkyl halides is 1. The number of ketones is 1. The largest absolute Gasteiger partial charge is 1.00 e. The van der Waals surface area contributed by atoms with Crippen LogP contribution in [0.3, 0.4) is 0 Å². The van der Waals surface area contributed by atoms with Crippen molar-refractivity contribution >= 4 is 238 Å². The Kier molecular flexibility index (Phi) is 41.1. The normalized spacial score (nSPS) is 11.1. The average Bonchev–Trinajstić information content (AvgIpc) is 1.68. The maximum Gasteiger partial charge on any atom is 1.00 e. The number of methoxy groups -OCH3 is 2. The molecule has 20 rings (SSSR count). The van der Waals surface area contributed by atoms with Gasteiger partial charge in [-0.3, -0.25) is 19.7 Å². The number of hydrogen-bond donors (Lipinski definition) is 5. The van der Waals surface area contributed by atoms with Gasteiger partial charge in [0.15, 0.2) is 39.8 Å². The van der Waals surface area contributed by atoms with E-state index in [0.29, 0.717) is 72.6 Å². The summed E-state index contributed by atoms with van der Waals surface area (Å²) in [6.45, 7) is 12.9. The number of carboxylic acids is 1. The number of carbonyl (C=O) groups excluding carboxylic acids is 6. The van der Waals surface area contributed by atoms with Gasteiger partial charge in [0.2, 0.25) is 11.0 Å². The van der Waals surface area contributed by atoms with E-state index in [4.69, 9.17) is 48.9 Å². The number of rotatable bonds is 17. The first kappa shape index (κ1) is 113. The van der Waals surface area contributed by atoms with Crippen LogP contribution in [0.1, 0.15) is 114 Å². The fraction of sp³-hybridized carbons (Fsp3) is 0.226. The molecule has 50 nitrogen and oxygen atoms in total. The van der Waals surface area contributed by atoms with Gasteiger partial charge in [0.1, 0.15) is 44.7 Å². The number of nitrogens with zero attached hydrogens (tertiary/aromatic N) is 34. The van der Waals surface area contributed by atoms with Crippen LogP contribution in [0.25, 0.3) is 98.6 Å². The molecule has 1 fully saturated rings. The summed E-state index contributed by atoms with van der Waals surface area (Å²) in [5.41, 5.74) is 39.7. The summed E-state index contributed by atoms with van der Waals surface area (Å²) in [5, 5.41) is 90.0. The summed E-state index contributed by atoms with van der Waals surface area (Å²) >= 11 is 25.1. The van der Waals surface area contributed by atoms with Crippen molar-refractivity contribution in [2.45, 2.75) is 98.3 Å². The number of nitrogens with two attached hydrogens (primary N) is 1. The number of nitrogen functional groups attached to an aromatic ring is 1. The maximum absolute atomic E-state index is 11.9. The summed E-state index contributed by atoms with van der Waals surface area (Å²) in [6, 6.07) is 46.8. The van der Waals surface area contributed by atoms with Crippen molar-refractivity contribution in [2.24, 2.45) is 11.0 Å². The van der Waals surface area contributed by atoms with Gasteiger partial charge in [0.25, 0.3) is 5.91 Å². The van der Waals surface area contributed by atoms with Crippen molar-refractivity contribution < 1.29 is 112 Å². The Labute approximate surface area is 895 Å². The average molecular weight is 2360 g/mol. The van der Waals surface area contributed by atoms with Crippen molar-refractivity contribution in [3.05, 3.63) is 265 Å². The van der Waals surface area contributed by atoms with Crippen molar-refractivity contribution in [2.75, 3.05) is 30.6 Å². The Morgan fingerprint density at radius 3 is 1.11 bits per heavy atom. The number of carboxylic acid groups (broad SMARTS) is 1. The number of azide groups is 1. The number of benzene rings is 5. The van der Waals surface area contributed by atoms with Crippen LogP contribution < -0.4 is 59.5 Å². The molecule has 0 aliphatic heterocycles. The molecule has 0 spiro atoms. The molecule has 0 radical (unpaired) electrons. The molecule has 0 unspecified atom stereocenters. The van der Waals surface area contributed by atoms with Gasteiger partial charge in [0.05, 0.1) is 139 Å². The van der Waals surface area contributed by atoms with E-state index in [1.165, 1.54) is 35.6 Å². The number of anilines is 2. The van der Waals surface area contributed by atoms with Crippen molar-refractivity contribution in [3.63, 3.8) is 0 Å². The molecule has 2 amide bonds. The van der Waals surface area contributed by atoms with Gasteiger partial charge in [0, 0.05) is 33.2 Å². The maximum atomic E-state index is 11.9. The second kappa shape index (κ2) is 51.9. The quantitative estimate of drug-likeness (QED) is 0.00654. The third-order valence-corrected chi connectivity index (χ3v) is 21.5. The van der Waals surface area contributed by atoms with Crippen LogP contribution in [0.5, 0.6) is 0 Å². The van der Waals surface area contributed by atoms with E-state index >= 15 is 0 Å². The third-order valence-electron chi connectivity index (χ3n) is 18.2. The molecule has 1 aliphatic carbocycles. The van der Waals surface area contributed by atoms with Gasteiger partial charge in [-0.2, -0.15) is 25.5 Å². The summed E-state index contributed by atoms with van der Waals surface area (Å²) in [5.74, 6) is -2.68. The predicted octanol–water partition coefficient (Wildman–Crippen LogP) is 8.80. The number of carbonyl (C=O) groups is 7. The van der Waals surface area contributed by atoms with E-state index in [2.05, 4.69) is 222 Å². The third kappa shape index (κ3) is 32.5. The number of nitrogens with one attached hydrogen (secondary N) is 2. The molecule has 726 valence electrons. The molecular weight excluding hydrogens is 2280 g/mol. The van der Waals surface area contributed by atoms with E-state index in [-0.39, 0.29) is 87.5 Å². The summed E-state index contributed by atoms with van der Waals surface area (Å²) in [4.78, 5) is 97.1. The molecule has 0 bridgehead atoms. The zero-order valence-electron chi connectivity index (χ0n) is 76.8. The number of esters is 2. The topological polar surface area (TPSA) is 665 Å². The number of halogens is 7. The molecule has 7 N–H and O–H groups in total. The van der Waals surface area contributed by atoms with Gasteiger partial charge in [-0.05, 0) is 239 Å². The first-order chi connectivity index (χ1) is 66.8. The van der Waals surface area contributed by atoms with Crippen LogP contribution in [0, 0.1) is 11.4 Å². The minimum absolute atomic E-state index is 0. The molecule has 5 aromatic carbocycles. The van der Waals surface area contributed by atoms with Crippen LogP contribution in [0.4, 0.5) is 16.4 Å². The Hall–Kier alpha value is -13.5. The van der Waals surface area contributed by atoms with Gasteiger partial charge >= 0.3 is 72.4 Å². The number of imidazole rings is 4. The minimum atomic E-state index is -1.08. The van der Waals surface area contributed by atoms with E-state index in [0.717, 1.165) is 113 Å². The van der Waals surface area contributed by atoms with E-state index < -0.39 is 46.9 Å². The number of fused-ring (bicyclic) bond motifs is 9. The molecular formula is C84H77Br6ClLiN37NaO13+. The van der Waals surface area contributed by atoms with Crippen LogP contribution in [0.15, 0.2) is 204 Å². The molecule has 14 aromatic heterocycles. The number of ether oxygens (including phenoxy) is 3. The number of aliphatic hydroxyl groups is 1. The predicted molar refractivity (Wildman–Crippen MR) is 529 cm³/mol. The summed E-state index contributed by atoms with van der Waals surface area (Å²) < 4.78 is 33.7. The van der Waals surface area contributed by atoms with Crippen LogP contribution in [-0.2, 0) is 61.3 Å². The molecule has 19 aromatic rings. The first-order valence-corrected chi connectivity index (χ1v) is 46.2. The van der Waals surface area contributed by atoms with Gasteiger partial charge in [-0.25, -0.2) is 80.6 Å².